The number of carbonyl (C=O) groups is 2. The van der Waals surface area contributed by atoms with E-state index in [1.54, 1.807) is 0 Å². The smallest absolute Gasteiger partial charge is 0.325 e. The van der Waals surface area contributed by atoms with Crippen molar-refractivity contribution < 1.29 is 14.7 Å². The van der Waals surface area contributed by atoms with Gasteiger partial charge in [0.1, 0.15) is 6.04 Å². The van der Waals surface area contributed by atoms with E-state index in [1.807, 2.05) is 0 Å². The maximum atomic E-state index is 10.8. The van der Waals surface area contributed by atoms with E-state index in [0.717, 1.165) is 0 Å². The summed E-state index contributed by atoms with van der Waals surface area (Å²) in [6, 6.07) is -1.39. The summed E-state index contributed by atoms with van der Waals surface area (Å²) in [5.74, 6) is -1.07. The van der Waals surface area contributed by atoms with Crippen molar-refractivity contribution in [3.8, 4) is 0 Å². The molecule has 0 unspecified atom stereocenters. The summed E-state index contributed by atoms with van der Waals surface area (Å²) in [5.41, 5.74) is 0. The Morgan fingerprint density at radius 3 is 2.67 bits per heavy atom. The molecule has 0 aromatic heterocycles. The molecule has 2 amide bonds. The number of carboxylic acids is 1. The van der Waals surface area contributed by atoms with Crippen LogP contribution in [0.3, 0.4) is 0 Å². The van der Waals surface area contributed by atoms with Crippen LogP contribution in [0.1, 0.15) is 6.92 Å². The number of carboxylic acid groups (broad SMARTS) is 1. The zero-order valence-electron chi connectivity index (χ0n) is 6.83. The van der Waals surface area contributed by atoms with Crippen molar-refractivity contribution in [3.05, 3.63) is 12.7 Å². The van der Waals surface area contributed by atoms with Gasteiger partial charge in [-0.1, -0.05) is 6.08 Å². The van der Waals surface area contributed by atoms with Gasteiger partial charge in [-0.05, 0) is 6.92 Å². The molecule has 0 aliphatic rings. The molecule has 0 radical (unpaired) electrons. The van der Waals surface area contributed by atoms with Crippen LogP contribution < -0.4 is 10.6 Å². The largest absolute Gasteiger partial charge is 0.480 e. The van der Waals surface area contributed by atoms with Crippen molar-refractivity contribution >= 4 is 12.0 Å². The Balaban J connectivity index is 3.68. The molecule has 0 aliphatic carbocycles. The van der Waals surface area contributed by atoms with Crippen LogP contribution in [0.25, 0.3) is 0 Å². The number of hydrogen-bond acceptors (Lipinski definition) is 2. The van der Waals surface area contributed by atoms with Crippen molar-refractivity contribution in [2.75, 3.05) is 6.54 Å². The topological polar surface area (TPSA) is 78.4 Å². The zero-order valence-corrected chi connectivity index (χ0v) is 6.83. The summed E-state index contributed by atoms with van der Waals surface area (Å²) in [5, 5.41) is 13.0. The Morgan fingerprint density at radius 1 is 1.67 bits per heavy atom. The molecule has 0 fully saturated rings. The molecule has 0 spiro atoms. The second-order valence-corrected chi connectivity index (χ2v) is 2.20. The molecule has 0 saturated heterocycles. The molecule has 5 nitrogen and oxygen atoms in total. The Hall–Kier alpha value is -1.52. The number of hydrogen-bond donors (Lipinski definition) is 3. The Kier molecular flexibility index (Phi) is 4.52. The van der Waals surface area contributed by atoms with Crippen LogP contribution in [-0.4, -0.2) is 29.7 Å². The van der Waals surface area contributed by atoms with Gasteiger partial charge in [-0.3, -0.25) is 4.79 Å². The third-order valence-electron chi connectivity index (χ3n) is 1.12. The van der Waals surface area contributed by atoms with Crippen molar-refractivity contribution in [2.45, 2.75) is 13.0 Å². The monoisotopic (exact) mass is 172 g/mol. The third-order valence-corrected chi connectivity index (χ3v) is 1.12. The highest BCUT2D eigenvalue weighted by atomic mass is 16.4. The molecule has 12 heavy (non-hydrogen) atoms. The molecule has 0 bridgehead atoms. The van der Waals surface area contributed by atoms with Gasteiger partial charge in [-0.2, -0.15) is 0 Å². The predicted octanol–water partition coefficient (Wildman–Crippen LogP) is -0.0553. The van der Waals surface area contributed by atoms with Gasteiger partial charge in [-0.15, -0.1) is 6.58 Å². The summed E-state index contributed by atoms with van der Waals surface area (Å²) in [7, 11) is 0. The highest BCUT2D eigenvalue weighted by Crippen LogP contribution is 1.79. The van der Waals surface area contributed by atoms with Crippen LogP contribution in [0.4, 0.5) is 4.79 Å². The average Bonchev–Trinajstić information content (AvgIpc) is 2.00. The number of nitrogens with one attached hydrogen (secondary N) is 2. The first kappa shape index (κ1) is 10.5. The molecular formula is C7H12N2O3. The lowest BCUT2D eigenvalue weighted by atomic mass is 10.3. The molecule has 1 atom stereocenters. The van der Waals surface area contributed by atoms with E-state index in [0.29, 0.717) is 6.54 Å². The standard InChI is InChI=1S/C7H12N2O3/c1-3-4-8-7(12)9-5(2)6(10)11/h3,5H,1,4H2,2H3,(H,10,11)(H2,8,9,12)/t5-/m0/s1. The van der Waals surface area contributed by atoms with Crippen molar-refractivity contribution in [3.63, 3.8) is 0 Å². The van der Waals surface area contributed by atoms with Crippen LogP contribution in [0.15, 0.2) is 12.7 Å². The Bertz CT molecular complexity index is 191. The summed E-state index contributed by atoms with van der Waals surface area (Å²) in [6.45, 7) is 5.09. The highest BCUT2D eigenvalue weighted by Gasteiger charge is 2.12. The zero-order chi connectivity index (χ0) is 9.56. The van der Waals surface area contributed by atoms with Gasteiger partial charge in [0, 0.05) is 6.54 Å². The van der Waals surface area contributed by atoms with E-state index >= 15 is 0 Å². The van der Waals surface area contributed by atoms with E-state index in [4.69, 9.17) is 5.11 Å². The van der Waals surface area contributed by atoms with Crippen LogP contribution in [-0.2, 0) is 4.79 Å². The van der Waals surface area contributed by atoms with Crippen LogP contribution in [0.5, 0.6) is 0 Å². The molecule has 0 rings (SSSR count). The minimum atomic E-state index is -1.07. The number of carbonyl (C=O) groups excluding carboxylic acids is 1. The summed E-state index contributed by atoms with van der Waals surface area (Å²) >= 11 is 0. The molecule has 68 valence electrons. The van der Waals surface area contributed by atoms with Crippen LogP contribution in [0.2, 0.25) is 0 Å². The van der Waals surface area contributed by atoms with Crippen molar-refractivity contribution in [1.29, 1.82) is 0 Å². The fraction of sp³-hybridized carbons (Fsp3) is 0.429. The van der Waals surface area contributed by atoms with Gasteiger partial charge in [0.25, 0.3) is 0 Å². The average molecular weight is 172 g/mol. The first-order chi connectivity index (χ1) is 5.57. The van der Waals surface area contributed by atoms with Gasteiger partial charge in [-0.25, -0.2) is 4.79 Å². The first-order valence-electron chi connectivity index (χ1n) is 3.46. The van der Waals surface area contributed by atoms with E-state index in [2.05, 4.69) is 17.2 Å². The lowest BCUT2D eigenvalue weighted by molar-refractivity contribution is -0.138. The summed E-state index contributed by atoms with van der Waals surface area (Å²) in [6.07, 6.45) is 1.50. The molecular weight excluding hydrogens is 160 g/mol. The molecule has 0 saturated carbocycles. The van der Waals surface area contributed by atoms with Gasteiger partial charge >= 0.3 is 12.0 Å². The van der Waals surface area contributed by atoms with E-state index in [-0.39, 0.29) is 0 Å². The second-order valence-electron chi connectivity index (χ2n) is 2.20. The normalized spacial score (nSPS) is 11.4. The summed E-state index contributed by atoms with van der Waals surface area (Å²) < 4.78 is 0. The van der Waals surface area contributed by atoms with Crippen LogP contribution in [0, 0.1) is 0 Å². The van der Waals surface area contributed by atoms with E-state index in [1.165, 1.54) is 13.0 Å². The van der Waals surface area contributed by atoms with E-state index < -0.39 is 18.0 Å². The molecule has 0 aliphatic heterocycles. The molecule has 5 heteroatoms. The number of aliphatic carboxylic acids is 1. The lowest BCUT2D eigenvalue weighted by Gasteiger charge is -2.08. The third kappa shape index (κ3) is 4.32. The molecule has 0 heterocycles. The number of rotatable bonds is 4. The SMILES string of the molecule is C=CCNC(=O)N[C@@H](C)C(=O)O. The first-order valence-corrected chi connectivity index (χ1v) is 3.46. The predicted molar refractivity (Wildman–Crippen MR) is 43.8 cm³/mol. The Labute approximate surface area is 70.5 Å². The second kappa shape index (κ2) is 5.17. The van der Waals surface area contributed by atoms with Gasteiger partial charge in [0.15, 0.2) is 0 Å². The summed E-state index contributed by atoms with van der Waals surface area (Å²) in [4.78, 5) is 21.0. The minimum Gasteiger partial charge on any atom is -0.480 e. The van der Waals surface area contributed by atoms with Gasteiger partial charge in [0.05, 0.1) is 0 Å². The van der Waals surface area contributed by atoms with Gasteiger partial charge < -0.3 is 15.7 Å². The number of urea groups is 1. The molecule has 0 aromatic carbocycles. The molecule has 3 N–H and O–H groups in total. The molecule has 0 aromatic rings. The fourth-order valence-corrected chi connectivity index (χ4v) is 0.474. The Morgan fingerprint density at radius 2 is 2.25 bits per heavy atom. The van der Waals surface area contributed by atoms with Crippen LogP contribution >= 0.6 is 0 Å². The van der Waals surface area contributed by atoms with Crippen molar-refractivity contribution in [2.24, 2.45) is 0 Å². The maximum Gasteiger partial charge on any atom is 0.325 e. The number of amides is 2. The maximum absolute atomic E-state index is 10.8. The quantitative estimate of drug-likeness (QED) is 0.520. The lowest BCUT2D eigenvalue weighted by Crippen LogP contribution is -2.44. The van der Waals surface area contributed by atoms with Crippen molar-refractivity contribution in [1.82, 2.24) is 10.6 Å². The van der Waals surface area contributed by atoms with E-state index in [9.17, 15) is 9.59 Å². The highest BCUT2D eigenvalue weighted by molar-refractivity contribution is 5.82. The fourth-order valence-electron chi connectivity index (χ4n) is 0.474. The minimum absolute atomic E-state index is 0.318. The van der Waals surface area contributed by atoms with Gasteiger partial charge in [0.2, 0.25) is 0 Å².